The Morgan fingerprint density at radius 2 is 1.68 bits per heavy atom. The molecule has 0 atom stereocenters. The van der Waals surface area contributed by atoms with Gasteiger partial charge in [0.15, 0.2) is 8.96 Å². The van der Waals surface area contributed by atoms with Crippen LogP contribution in [0, 0.1) is 11.3 Å². The Morgan fingerprint density at radius 3 is 2.20 bits per heavy atom. The van der Waals surface area contributed by atoms with Gasteiger partial charge in [-0.2, -0.15) is 18.4 Å². The molecule has 0 spiro atoms. The summed E-state index contributed by atoms with van der Waals surface area (Å²) in [5.74, 6) is 0. The molecule has 0 aliphatic carbocycles. The smallest absolute Gasteiger partial charge is 0.366 e. The molecule has 0 amide bonds. The first kappa shape index (κ1) is 17.5. The Hall–Kier alpha value is -2.30. The van der Waals surface area contributed by atoms with E-state index in [2.05, 4.69) is 16.0 Å². The van der Waals surface area contributed by atoms with Crippen LogP contribution in [0.25, 0.3) is 0 Å². The van der Waals surface area contributed by atoms with Crippen LogP contribution in [0.15, 0.2) is 54.6 Å². The maximum absolute atomic E-state index is 12.7. The summed E-state index contributed by atoms with van der Waals surface area (Å²) in [6, 6.07) is 17.4. The van der Waals surface area contributed by atoms with Gasteiger partial charge in [0.2, 0.25) is 0 Å². The van der Waals surface area contributed by atoms with Crippen molar-refractivity contribution in [2.45, 2.75) is 18.3 Å². The monoisotopic (exact) mass is 360 g/mol. The van der Waals surface area contributed by atoms with Gasteiger partial charge in [0, 0.05) is 5.69 Å². The minimum absolute atomic E-state index is 0.566. The number of nitrogens with zero attached hydrogens (tertiary/aromatic N) is 2. The van der Waals surface area contributed by atoms with Crippen LogP contribution in [0.4, 0.5) is 18.9 Å². The third kappa shape index (κ3) is 3.70. The second-order valence-corrected chi connectivity index (χ2v) is 8.29. The van der Waals surface area contributed by atoms with E-state index in [-0.39, 0.29) is 0 Å². The van der Waals surface area contributed by atoms with Crippen LogP contribution in [0.3, 0.4) is 0 Å². The van der Waals surface area contributed by atoms with Crippen LogP contribution in [0.5, 0.6) is 0 Å². The zero-order valence-corrected chi connectivity index (χ0v) is 14.6. The van der Waals surface area contributed by atoms with Crippen LogP contribution >= 0.6 is 0 Å². The molecule has 2 aromatic carbocycles. The zero-order valence-electron chi connectivity index (χ0n) is 13.6. The SMILES string of the molecule is C[Si](NC1(C#N)CN(c2ccccc2)C1)c1ccc(C(F)(F)F)cc1. The van der Waals surface area contributed by atoms with E-state index in [0.29, 0.717) is 13.1 Å². The van der Waals surface area contributed by atoms with Gasteiger partial charge in [-0.05, 0) is 17.3 Å². The minimum Gasteiger partial charge on any atom is -0.366 e. The molecule has 1 aliphatic heterocycles. The third-order valence-electron chi connectivity index (χ3n) is 4.33. The van der Waals surface area contributed by atoms with Gasteiger partial charge in [-0.3, -0.25) is 0 Å². The van der Waals surface area contributed by atoms with Crippen molar-refractivity contribution in [1.82, 2.24) is 4.98 Å². The standard InChI is InChI=1S/C18H17F3N3Si/c1-25(16-9-7-14(8-10-16)18(19,20)21)23-17(11-22)12-24(13-17)15-5-3-2-4-6-15/h2-10,23H,12-13H2,1H3. The Bertz CT molecular complexity index is 763. The highest BCUT2D eigenvalue weighted by molar-refractivity contribution is 6.69. The first-order valence-electron chi connectivity index (χ1n) is 7.84. The van der Waals surface area contributed by atoms with E-state index < -0.39 is 26.2 Å². The number of anilines is 1. The fraction of sp³-hybridized carbons (Fsp3) is 0.278. The predicted octanol–water partition coefficient (Wildman–Crippen LogP) is 2.91. The van der Waals surface area contributed by atoms with Gasteiger partial charge in [-0.25, -0.2) is 0 Å². The molecule has 3 nitrogen and oxygen atoms in total. The van der Waals surface area contributed by atoms with Gasteiger partial charge >= 0.3 is 6.18 Å². The van der Waals surface area contributed by atoms with E-state index in [0.717, 1.165) is 23.0 Å². The molecular weight excluding hydrogens is 343 g/mol. The summed E-state index contributed by atoms with van der Waals surface area (Å²) >= 11 is 0. The summed E-state index contributed by atoms with van der Waals surface area (Å²) in [6.07, 6.45) is -4.33. The molecule has 0 unspecified atom stereocenters. The maximum Gasteiger partial charge on any atom is 0.416 e. The molecule has 129 valence electrons. The highest BCUT2D eigenvalue weighted by Crippen LogP contribution is 2.29. The number of hydrogen-bond donors (Lipinski definition) is 1. The molecule has 3 rings (SSSR count). The lowest BCUT2D eigenvalue weighted by Crippen LogP contribution is -2.72. The number of hydrogen-bond acceptors (Lipinski definition) is 3. The molecular formula is C18H17F3N3Si. The normalized spacial score (nSPS) is 16.4. The molecule has 1 aliphatic rings. The highest BCUT2D eigenvalue weighted by atomic mass is 28.3. The number of nitrogens with one attached hydrogen (secondary N) is 1. The molecule has 25 heavy (non-hydrogen) atoms. The van der Waals surface area contributed by atoms with Crippen molar-refractivity contribution in [2.75, 3.05) is 18.0 Å². The number of rotatable bonds is 4. The van der Waals surface area contributed by atoms with Gasteiger partial charge in [0.05, 0.1) is 24.7 Å². The Labute approximate surface area is 146 Å². The highest BCUT2D eigenvalue weighted by Gasteiger charge is 2.44. The van der Waals surface area contributed by atoms with E-state index in [9.17, 15) is 18.4 Å². The number of nitriles is 1. The van der Waals surface area contributed by atoms with E-state index in [1.807, 2.05) is 36.9 Å². The van der Waals surface area contributed by atoms with Crippen LogP contribution < -0.4 is 15.1 Å². The number of benzene rings is 2. The molecule has 1 N–H and O–H groups in total. The lowest BCUT2D eigenvalue weighted by atomic mass is 9.92. The Balaban J connectivity index is 1.66. The summed E-state index contributed by atoms with van der Waals surface area (Å²) in [6.45, 7) is 3.09. The lowest BCUT2D eigenvalue weighted by Gasteiger charge is -2.48. The van der Waals surface area contributed by atoms with Crippen molar-refractivity contribution in [3.63, 3.8) is 0 Å². The van der Waals surface area contributed by atoms with Crippen molar-refractivity contribution >= 4 is 19.8 Å². The van der Waals surface area contributed by atoms with Gasteiger partial charge in [-0.15, -0.1) is 0 Å². The largest absolute Gasteiger partial charge is 0.416 e. The fourth-order valence-electron chi connectivity index (χ4n) is 2.94. The molecule has 1 heterocycles. The van der Waals surface area contributed by atoms with Crippen molar-refractivity contribution in [2.24, 2.45) is 0 Å². The first-order chi connectivity index (χ1) is 11.8. The van der Waals surface area contributed by atoms with Crippen molar-refractivity contribution in [3.05, 3.63) is 60.2 Å². The van der Waals surface area contributed by atoms with Gasteiger partial charge in [-0.1, -0.05) is 49.0 Å². The number of alkyl halides is 3. The van der Waals surface area contributed by atoms with E-state index in [1.165, 1.54) is 12.1 Å². The maximum atomic E-state index is 12.7. The van der Waals surface area contributed by atoms with Gasteiger partial charge < -0.3 is 9.88 Å². The molecule has 0 bridgehead atoms. The Morgan fingerprint density at radius 1 is 1.08 bits per heavy atom. The summed E-state index contributed by atoms with van der Waals surface area (Å²) in [5.41, 5.74) is -0.240. The average molecular weight is 360 g/mol. The molecule has 7 heteroatoms. The molecule has 1 saturated heterocycles. The molecule has 0 saturated carbocycles. The summed E-state index contributed by atoms with van der Waals surface area (Å²) in [7, 11) is -1.33. The van der Waals surface area contributed by atoms with Crippen LogP contribution in [0.2, 0.25) is 6.55 Å². The second kappa shape index (κ2) is 6.54. The van der Waals surface area contributed by atoms with Crippen LogP contribution in [0.1, 0.15) is 5.56 Å². The zero-order chi connectivity index (χ0) is 18.1. The molecule has 2 aromatic rings. The topological polar surface area (TPSA) is 39.1 Å². The average Bonchev–Trinajstić information content (AvgIpc) is 2.57. The van der Waals surface area contributed by atoms with Crippen molar-refractivity contribution in [3.8, 4) is 6.07 Å². The summed E-state index contributed by atoms with van der Waals surface area (Å²) < 4.78 is 38.0. The van der Waals surface area contributed by atoms with Crippen LogP contribution in [-0.2, 0) is 6.18 Å². The molecule has 1 fully saturated rings. The first-order valence-corrected chi connectivity index (χ1v) is 9.84. The van der Waals surface area contributed by atoms with E-state index in [1.54, 1.807) is 0 Å². The van der Waals surface area contributed by atoms with Gasteiger partial charge in [0.1, 0.15) is 5.54 Å². The van der Waals surface area contributed by atoms with Crippen LogP contribution in [-0.4, -0.2) is 27.6 Å². The van der Waals surface area contributed by atoms with Gasteiger partial charge in [0.25, 0.3) is 0 Å². The lowest BCUT2D eigenvalue weighted by molar-refractivity contribution is -0.137. The van der Waals surface area contributed by atoms with E-state index >= 15 is 0 Å². The Kier molecular flexibility index (Phi) is 4.58. The molecule has 1 radical (unpaired) electrons. The van der Waals surface area contributed by atoms with E-state index in [4.69, 9.17) is 0 Å². The predicted molar refractivity (Wildman–Crippen MR) is 92.8 cm³/mol. The van der Waals surface area contributed by atoms with Crippen molar-refractivity contribution < 1.29 is 13.2 Å². The molecule has 0 aromatic heterocycles. The fourth-order valence-corrected chi connectivity index (χ4v) is 4.69. The minimum atomic E-state index is -4.33. The number of halogens is 3. The quantitative estimate of drug-likeness (QED) is 0.852. The van der Waals surface area contributed by atoms with Crippen molar-refractivity contribution in [1.29, 1.82) is 5.26 Å². The second-order valence-electron chi connectivity index (χ2n) is 6.21. The summed E-state index contributed by atoms with van der Waals surface area (Å²) in [4.78, 5) is 5.48. The summed E-state index contributed by atoms with van der Waals surface area (Å²) in [5, 5.41) is 10.4. The third-order valence-corrected chi connectivity index (χ3v) is 6.38. The number of para-hydroxylation sites is 1.